The minimum atomic E-state index is -0.194. The average Bonchev–Trinajstić information content (AvgIpc) is 2.99. The van der Waals surface area contributed by atoms with Gasteiger partial charge in [0.25, 0.3) is 5.91 Å². The van der Waals surface area contributed by atoms with Crippen LogP contribution in [0.1, 0.15) is 22.3 Å². The van der Waals surface area contributed by atoms with Crippen molar-refractivity contribution in [2.45, 2.75) is 12.8 Å². The van der Waals surface area contributed by atoms with Gasteiger partial charge in [-0.2, -0.15) is 0 Å². The largest absolute Gasteiger partial charge is 0.352 e. The van der Waals surface area contributed by atoms with E-state index >= 15 is 0 Å². The molecule has 1 atom stereocenters. The molecule has 1 fully saturated rings. The molecule has 0 aliphatic carbocycles. The van der Waals surface area contributed by atoms with Crippen molar-refractivity contribution in [3.8, 4) is 0 Å². The van der Waals surface area contributed by atoms with Crippen LogP contribution in [0.25, 0.3) is 0 Å². The molecule has 0 saturated carbocycles. The van der Waals surface area contributed by atoms with Gasteiger partial charge in [-0.15, -0.1) is 0 Å². The zero-order chi connectivity index (χ0) is 17.6. The molecule has 0 aromatic heterocycles. The summed E-state index contributed by atoms with van der Waals surface area (Å²) in [6, 6.07) is 17.1. The first kappa shape index (κ1) is 17.5. The quantitative estimate of drug-likeness (QED) is 0.864. The van der Waals surface area contributed by atoms with Crippen LogP contribution in [0.4, 0.5) is 0 Å². The van der Waals surface area contributed by atoms with Crippen molar-refractivity contribution >= 4 is 23.4 Å². The molecule has 2 aromatic rings. The van der Waals surface area contributed by atoms with Gasteiger partial charge in [0.15, 0.2) is 0 Å². The molecule has 130 valence electrons. The lowest BCUT2D eigenvalue weighted by Gasteiger charge is -2.17. The molecule has 25 heavy (non-hydrogen) atoms. The molecular formula is C20H21ClN2O2. The van der Waals surface area contributed by atoms with Crippen LogP contribution in [0.15, 0.2) is 54.6 Å². The van der Waals surface area contributed by atoms with E-state index in [9.17, 15) is 9.59 Å². The first-order chi connectivity index (χ1) is 12.1. The number of nitrogens with one attached hydrogen (secondary N) is 1. The maximum Gasteiger partial charge on any atom is 0.252 e. The Morgan fingerprint density at radius 3 is 2.60 bits per heavy atom. The highest BCUT2D eigenvalue weighted by molar-refractivity contribution is 6.33. The molecule has 2 aromatic carbocycles. The Morgan fingerprint density at radius 2 is 1.84 bits per heavy atom. The molecule has 3 rings (SSSR count). The van der Waals surface area contributed by atoms with Gasteiger partial charge < -0.3 is 10.2 Å². The van der Waals surface area contributed by atoms with Crippen molar-refractivity contribution in [1.29, 1.82) is 0 Å². The smallest absolute Gasteiger partial charge is 0.252 e. The first-order valence-electron chi connectivity index (χ1n) is 8.48. The maximum atomic E-state index is 12.2. The number of likely N-dealkylation sites (tertiary alicyclic amines) is 1. The van der Waals surface area contributed by atoms with E-state index in [4.69, 9.17) is 11.6 Å². The second kappa shape index (κ2) is 8.17. The fourth-order valence-electron chi connectivity index (χ4n) is 3.09. The van der Waals surface area contributed by atoms with Crippen molar-refractivity contribution < 1.29 is 9.59 Å². The third kappa shape index (κ3) is 4.60. The van der Waals surface area contributed by atoms with Crippen molar-refractivity contribution in [3.63, 3.8) is 0 Å². The lowest BCUT2D eigenvalue weighted by molar-refractivity contribution is -0.127. The van der Waals surface area contributed by atoms with Crippen LogP contribution in [0, 0.1) is 5.92 Å². The molecule has 0 spiro atoms. The van der Waals surface area contributed by atoms with Gasteiger partial charge in [-0.05, 0) is 24.1 Å². The molecular weight excluding hydrogens is 336 g/mol. The lowest BCUT2D eigenvalue weighted by atomic mass is 10.1. The maximum absolute atomic E-state index is 12.2. The minimum absolute atomic E-state index is 0.148. The summed E-state index contributed by atoms with van der Waals surface area (Å²) in [5.41, 5.74) is 1.69. The Labute approximate surface area is 152 Å². The lowest BCUT2D eigenvalue weighted by Crippen LogP contribution is -2.32. The molecule has 1 unspecified atom stereocenters. The summed E-state index contributed by atoms with van der Waals surface area (Å²) in [6.07, 6.45) is 1.34. The Balaban J connectivity index is 1.48. The zero-order valence-electron chi connectivity index (χ0n) is 14.0. The average molecular weight is 357 g/mol. The monoisotopic (exact) mass is 356 g/mol. The molecule has 1 aliphatic rings. The summed E-state index contributed by atoms with van der Waals surface area (Å²) in [5, 5.41) is 3.33. The standard InChI is InChI=1S/C20H21ClN2O2/c21-18-9-5-4-8-17(18)20(25)22-13-16-12-19(24)23(14-16)11-10-15-6-2-1-3-7-15/h1-9,16H,10-14H2,(H,22,25). The highest BCUT2D eigenvalue weighted by atomic mass is 35.5. The molecule has 5 heteroatoms. The predicted octanol–water partition coefficient (Wildman–Crippen LogP) is 3.16. The van der Waals surface area contributed by atoms with Gasteiger partial charge in [0.05, 0.1) is 10.6 Å². The van der Waals surface area contributed by atoms with Gasteiger partial charge in [-0.3, -0.25) is 9.59 Å². The summed E-state index contributed by atoms with van der Waals surface area (Å²) in [6.45, 7) is 1.89. The van der Waals surface area contributed by atoms with Crippen LogP contribution in [-0.2, 0) is 11.2 Å². The highest BCUT2D eigenvalue weighted by Gasteiger charge is 2.29. The first-order valence-corrected chi connectivity index (χ1v) is 8.85. The Morgan fingerprint density at radius 1 is 1.12 bits per heavy atom. The van der Waals surface area contributed by atoms with E-state index in [-0.39, 0.29) is 17.7 Å². The van der Waals surface area contributed by atoms with E-state index in [0.717, 1.165) is 13.0 Å². The summed E-state index contributed by atoms with van der Waals surface area (Å²) >= 11 is 6.04. The normalized spacial score (nSPS) is 16.9. The summed E-state index contributed by atoms with van der Waals surface area (Å²) in [4.78, 5) is 26.3. The van der Waals surface area contributed by atoms with Crippen LogP contribution in [-0.4, -0.2) is 36.3 Å². The number of carbonyl (C=O) groups excluding carboxylic acids is 2. The van der Waals surface area contributed by atoms with Gasteiger partial charge in [-0.1, -0.05) is 54.1 Å². The summed E-state index contributed by atoms with van der Waals surface area (Å²) < 4.78 is 0. The zero-order valence-corrected chi connectivity index (χ0v) is 14.7. The number of hydrogen-bond acceptors (Lipinski definition) is 2. The number of nitrogens with zero attached hydrogens (tertiary/aromatic N) is 1. The summed E-state index contributed by atoms with van der Waals surface area (Å²) in [5.74, 6) is 0.114. The Hall–Kier alpha value is -2.33. The van der Waals surface area contributed by atoms with Crippen molar-refractivity contribution in [2.75, 3.05) is 19.6 Å². The third-order valence-corrected chi connectivity index (χ3v) is 4.81. The Bertz CT molecular complexity index is 748. The van der Waals surface area contributed by atoms with Gasteiger partial charge >= 0.3 is 0 Å². The molecule has 1 N–H and O–H groups in total. The number of carbonyl (C=O) groups is 2. The van der Waals surface area contributed by atoms with Crippen LogP contribution in [0.2, 0.25) is 5.02 Å². The number of hydrogen-bond donors (Lipinski definition) is 1. The second-order valence-corrected chi connectivity index (χ2v) is 6.74. The van der Waals surface area contributed by atoms with E-state index in [1.807, 2.05) is 23.1 Å². The van der Waals surface area contributed by atoms with Crippen molar-refractivity contribution in [3.05, 3.63) is 70.7 Å². The number of halogens is 1. The van der Waals surface area contributed by atoms with Gasteiger partial charge in [-0.25, -0.2) is 0 Å². The van der Waals surface area contributed by atoms with Gasteiger partial charge in [0, 0.05) is 32.0 Å². The molecule has 1 heterocycles. The number of amides is 2. The van der Waals surface area contributed by atoms with Crippen LogP contribution >= 0.6 is 11.6 Å². The van der Waals surface area contributed by atoms with E-state index in [2.05, 4.69) is 17.4 Å². The second-order valence-electron chi connectivity index (χ2n) is 6.34. The molecule has 0 bridgehead atoms. The van der Waals surface area contributed by atoms with E-state index in [1.165, 1.54) is 5.56 Å². The SMILES string of the molecule is O=C(NCC1CC(=O)N(CCc2ccccc2)C1)c1ccccc1Cl. The highest BCUT2D eigenvalue weighted by Crippen LogP contribution is 2.19. The summed E-state index contributed by atoms with van der Waals surface area (Å²) in [7, 11) is 0. The van der Waals surface area contributed by atoms with Crippen molar-refractivity contribution in [2.24, 2.45) is 5.92 Å². The minimum Gasteiger partial charge on any atom is -0.352 e. The fraction of sp³-hybridized carbons (Fsp3) is 0.300. The van der Waals surface area contributed by atoms with Gasteiger partial charge in [0.2, 0.25) is 5.91 Å². The third-order valence-electron chi connectivity index (χ3n) is 4.48. The van der Waals surface area contributed by atoms with Crippen molar-refractivity contribution in [1.82, 2.24) is 10.2 Å². The Kier molecular flexibility index (Phi) is 5.71. The van der Waals surface area contributed by atoms with E-state index in [0.29, 0.717) is 30.1 Å². The number of benzene rings is 2. The predicted molar refractivity (Wildman–Crippen MR) is 98.6 cm³/mol. The topological polar surface area (TPSA) is 49.4 Å². The number of rotatable bonds is 6. The fourth-order valence-corrected chi connectivity index (χ4v) is 3.31. The molecule has 1 saturated heterocycles. The molecule has 2 amide bonds. The van der Waals surface area contributed by atoms with Gasteiger partial charge in [0.1, 0.15) is 0 Å². The molecule has 0 radical (unpaired) electrons. The van der Waals surface area contributed by atoms with Crippen LogP contribution in [0.5, 0.6) is 0 Å². The van der Waals surface area contributed by atoms with Crippen LogP contribution in [0.3, 0.4) is 0 Å². The van der Waals surface area contributed by atoms with E-state index < -0.39 is 0 Å². The van der Waals surface area contributed by atoms with E-state index in [1.54, 1.807) is 24.3 Å². The van der Waals surface area contributed by atoms with Crippen LogP contribution < -0.4 is 5.32 Å². The molecule has 1 aliphatic heterocycles. The molecule has 4 nitrogen and oxygen atoms in total.